The third kappa shape index (κ3) is 2.56. The van der Waals surface area contributed by atoms with Gasteiger partial charge in [-0.3, -0.25) is 4.79 Å². The van der Waals surface area contributed by atoms with Crippen molar-refractivity contribution in [2.24, 2.45) is 0 Å². The van der Waals surface area contributed by atoms with Gasteiger partial charge in [0.15, 0.2) is 0 Å². The molecule has 2 aliphatic rings. The number of hydrogen-bond acceptors (Lipinski definition) is 3. The minimum absolute atomic E-state index is 0.00681. The largest absolute Gasteiger partial charge is 0.490 e. The van der Waals surface area contributed by atoms with Crippen LogP contribution in [0.5, 0.6) is 5.75 Å². The first-order valence-electron chi connectivity index (χ1n) is 6.58. The van der Waals surface area contributed by atoms with Crippen molar-refractivity contribution in [3.63, 3.8) is 0 Å². The molecular weight excluding hydrogens is 249 g/mol. The van der Waals surface area contributed by atoms with Crippen LogP contribution in [0.4, 0.5) is 10.1 Å². The molecule has 1 unspecified atom stereocenters. The number of ether oxygens (including phenoxy) is 2. The maximum atomic E-state index is 13.3. The molecule has 5 heteroatoms. The molecule has 2 aliphatic heterocycles. The van der Waals surface area contributed by atoms with E-state index in [0.29, 0.717) is 31.0 Å². The van der Waals surface area contributed by atoms with Crippen molar-refractivity contribution < 1.29 is 18.7 Å². The maximum Gasteiger partial charge on any atom is 0.229 e. The number of nitrogens with zero attached hydrogens (tertiary/aromatic N) is 1. The maximum absolute atomic E-state index is 13.3. The van der Waals surface area contributed by atoms with Crippen LogP contribution in [0.25, 0.3) is 0 Å². The van der Waals surface area contributed by atoms with Gasteiger partial charge in [-0.25, -0.2) is 4.39 Å². The van der Waals surface area contributed by atoms with Crippen molar-refractivity contribution in [1.29, 1.82) is 0 Å². The third-order valence-corrected chi connectivity index (χ3v) is 3.51. The van der Waals surface area contributed by atoms with Crippen LogP contribution in [-0.4, -0.2) is 31.8 Å². The molecule has 1 aromatic carbocycles. The first-order valence-corrected chi connectivity index (χ1v) is 6.58. The summed E-state index contributed by atoms with van der Waals surface area (Å²) in [4.78, 5) is 13.9. The second-order valence-electron chi connectivity index (χ2n) is 4.85. The van der Waals surface area contributed by atoms with Crippen molar-refractivity contribution in [3.05, 3.63) is 24.0 Å². The Morgan fingerprint density at radius 3 is 3.11 bits per heavy atom. The first-order chi connectivity index (χ1) is 9.24. The molecule has 1 fully saturated rings. The average Bonchev–Trinajstić information content (AvgIpc) is 2.90. The number of fused-ring (bicyclic) bond motifs is 1. The summed E-state index contributed by atoms with van der Waals surface area (Å²) < 4.78 is 24.2. The lowest BCUT2D eigenvalue weighted by Crippen LogP contribution is -2.39. The Kier molecular flexibility index (Phi) is 3.38. The van der Waals surface area contributed by atoms with Gasteiger partial charge in [0.25, 0.3) is 0 Å². The normalized spacial score (nSPS) is 21.9. The third-order valence-electron chi connectivity index (χ3n) is 3.51. The van der Waals surface area contributed by atoms with Crippen LogP contribution >= 0.6 is 0 Å². The molecule has 3 rings (SSSR count). The number of benzene rings is 1. The standard InChI is InChI=1S/C14H16FNO3/c15-10-3-4-13-12(8-10)16(5-7-19-13)14(17)9-11-2-1-6-18-11/h3-4,8,11H,1-2,5-7,9H2. The average molecular weight is 265 g/mol. The Morgan fingerprint density at radius 1 is 1.42 bits per heavy atom. The molecule has 1 saturated heterocycles. The number of rotatable bonds is 2. The van der Waals surface area contributed by atoms with E-state index in [-0.39, 0.29) is 17.8 Å². The van der Waals surface area contributed by atoms with E-state index in [0.717, 1.165) is 19.4 Å². The van der Waals surface area contributed by atoms with Gasteiger partial charge >= 0.3 is 0 Å². The molecule has 2 heterocycles. The van der Waals surface area contributed by atoms with Crippen LogP contribution in [0.1, 0.15) is 19.3 Å². The highest BCUT2D eigenvalue weighted by Crippen LogP contribution is 2.33. The van der Waals surface area contributed by atoms with Crippen LogP contribution in [0.15, 0.2) is 18.2 Å². The zero-order valence-electron chi connectivity index (χ0n) is 10.6. The van der Waals surface area contributed by atoms with Crippen molar-refractivity contribution in [1.82, 2.24) is 0 Å². The fraction of sp³-hybridized carbons (Fsp3) is 0.500. The molecule has 102 valence electrons. The quantitative estimate of drug-likeness (QED) is 0.822. The monoisotopic (exact) mass is 265 g/mol. The fourth-order valence-corrected chi connectivity index (χ4v) is 2.56. The Hall–Kier alpha value is -1.62. The van der Waals surface area contributed by atoms with Gasteiger partial charge in [0.05, 0.1) is 24.8 Å². The number of halogens is 1. The van der Waals surface area contributed by atoms with E-state index in [4.69, 9.17) is 9.47 Å². The van der Waals surface area contributed by atoms with E-state index in [1.54, 1.807) is 11.0 Å². The lowest BCUT2D eigenvalue weighted by atomic mass is 10.1. The molecule has 4 nitrogen and oxygen atoms in total. The van der Waals surface area contributed by atoms with Crippen molar-refractivity contribution in [2.75, 3.05) is 24.7 Å². The predicted molar refractivity (Wildman–Crippen MR) is 67.8 cm³/mol. The van der Waals surface area contributed by atoms with E-state index in [2.05, 4.69) is 0 Å². The summed E-state index contributed by atoms with van der Waals surface area (Å²) in [6, 6.07) is 4.25. The number of carbonyl (C=O) groups excluding carboxylic acids is 1. The van der Waals surface area contributed by atoms with Gasteiger partial charge in [0.2, 0.25) is 5.91 Å². The molecule has 0 saturated carbocycles. The molecule has 0 N–H and O–H groups in total. The number of carbonyl (C=O) groups is 1. The van der Waals surface area contributed by atoms with Gasteiger partial charge in [-0.15, -0.1) is 0 Å². The van der Waals surface area contributed by atoms with Crippen molar-refractivity contribution in [2.45, 2.75) is 25.4 Å². The summed E-state index contributed by atoms with van der Waals surface area (Å²) in [5.41, 5.74) is 0.522. The number of amides is 1. The fourth-order valence-electron chi connectivity index (χ4n) is 2.56. The highest BCUT2D eigenvalue weighted by atomic mass is 19.1. The SMILES string of the molecule is O=C(CC1CCCO1)N1CCOc2ccc(F)cc21. The minimum atomic E-state index is -0.362. The van der Waals surface area contributed by atoms with Crippen molar-refractivity contribution in [3.8, 4) is 5.75 Å². The van der Waals surface area contributed by atoms with Gasteiger partial charge in [-0.2, -0.15) is 0 Å². The van der Waals surface area contributed by atoms with Crippen LogP contribution in [0.2, 0.25) is 0 Å². The van der Waals surface area contributed by atoms with Crippen LogP contribution in [0, 0.1) is 5.82 Å². The predicted octanol–water partition coefficient (Wildman–Crippen LogP) is 2.12. The second-order valence-corrected chi connectivity index (χ2v) is 4.85. The lowest BCUT2D eigenvalue weighted by molar-refractivity contribution is -0.121. The Labute approximate surface area is 111 Å². The molecule has 0 aliphatic carbocycles. The Morgan fingerprint density at radius 2 is 2.32 bits per heavy atom. The molecule has 1 aromatic rings. The molecule has 1 atom stereocenters. The highest BCUT2D eigenvalue weighted by Gasteiger charge is 2.27. The summed E-state index contributed by atoms with van der Waals surface area (Å²) in [6.07, 6.45) is 2.29. The van der Waals surface area contributed by atoms with Gasteiger partial charge in [0, 0.05) is 12.7 Å². The first kappa shape index (κ1) is 12.4. The number of anilines is 1. The van der Waals surface area contributed by atoms with Crippen molar-refractivity contribution >= 4 is 11.6 Å². The van der Waals surface area contributed by atoms with Gasteiger partial charge in [0.1, 0.15) is 18.2 Å². The summed E-state index contributed by atoms with van der Waals surface area (Å²) in [5.74, 6) is 0.176. The summed E-state index contributed by atoms with van der Waals surface area (Å²) in [7, 11) is 0. The molecular formula is C14H16FNO3. The zero-order valence-corrected chi connectivity index (χ0v) is 10.6. The Bertz CT molecular complexity index is 486. The summed E-state index contributed by atoms with van der Waals surface area (Å²) in [6.45, 7) is 1.63. The van der Waals surface area contributed by atoms with Crippen LogP contribution < -0.4 is 9.64 Å². The molecule has 0 bridgehead atoms. The van der Waals surface area contributed by atoms with E-state index >= 15 is 0 Å². The molecule has 19 heavy (non-hydrogen) atoms. The molecule has 0 spiro atoms. The van der Waals surface area contributed by atoms with Gasteiger partial charge in [-0.1, -0.05) is 0 Å². The topological polar surface area (TPSA) is 38.8 Å². The lowest BCUT2D eigenvalue weighted by Gasteiger charge is -2.30. The second kappa shape index (κ2) is 5.17. The molecule has 0 aromatic heterocycles. The van der Waals surface area contributed by atoms with E-state index in [1.807, 2.05) is 0 Å². The van der Waals surface area contributed by atoms with E-state index in [9.17, 15) is 9.18 Å². The van der Waals surface area contributed by atoms with Crippen LogP contribution in [0.3, 0.4) is 0 Å². The molecule has 1 amide bonds. The summed E-state index contributed by atoms with van der Waals surface area (Å²) >= 11 is 0. The number of hydrogen-bond donors (Lipinski definition) is 0. The smallest absolute Gasteiger partial charge is 0.229 e. The zero-order chi connectivity index (χ0) is 13.2. The Balaban J connectivity index is 1.78. The summed E-state index contributed by atoms with van der Waals surface area (Å²) in [5, 5.41) is 0. The van der Waals surface area contributed by atoms with Gasteiger partial charge < -0.3 is 14.4 Å². The van der Waals surface area contributed by atoms with E-state index in [1.165, 1.54) is 12.1 Å². The van der Waals surface area contributed by atoms with Gasteiger partial charge in [-0.05, 0) is 25.0 Å². The van der Waals surface area contributed by atoms with Crippen LogP contribution in [-0.2, 0) is 9.53 Å². The van der Waals surface area contributed by atoms with E-state index < -0.39 is 0 Å². The minimum Gasteiger partial charge on any atom is -0.490 e. The highest BCUT2D eigenvalue weighted by molar-refractivity contribution is 5.95. The molecule has 0 radical (unpaired) electrons.